The fourth-order valence-corrected chi connectivity index (χ4v) is 5.73. The highest BCUT2D eigenvalue weighted by Gasteiger charge is 2.35. The molecule has 2 heterocycles. The molecular weight excluding hydrogens is 457 g/mol. The van der Waals surface area contributed by atoms with E-state index in [4.69, 9.17) is 12.2 Å². The molecule has 3 aromatic carbocycles. The largest absolute Gasteiger partial charge is 0.387 e. The van der Waals surface area contributed by atoms with E-state index in [1.54, 1.807) is 0 Å². The lowest BCUT2D eigenvalue weighted by Gasteiger charge is -2.42. The molecule has 1 fully saturated rings. The number of β-amino-alcohol motifs (C(OH)–C–C–N with tert-alkyl or cyclic N) is 1. The van der Waals surface area contributed by atoms with E-state index in [1.165, 1.54) is 28.8 Å². The van der Waals surface area contributed by atoms with E-state index in [2.05, 4.69) is 57.6 Å². The molecule has 2 aliphatic rings. The number of hydrogen-bond acceptors (Lipinski definition) is 3. The van der Waals surface area contributed by atoms with Gasteiger partial charge in [0.25, 0.3) is 0 Å². The third kappa shape index (κ3) is 5.56. The highest BCUT2D eigenvalue weighted by atomic mass is 32.1. The Morgan fingerprint density at radius 1 is 1.00 bits per heavy atom. The van der Waals surface area contributed by atoms with Gasteiger partial charge >= 0.3 is 0 Å². The summed E-state index contributed by atoms with van der Waals surface area (Å²) in [5, 5.41) is 15.4. The van der Waals surface area contributed by atoms with Crippen LogP contribution in [0.3, 0.4) is 0 Å². The Morgan fingerprint density at radius 3 is 2.54 bits per heavy atom. The van der Waals surface area contributed by atoms with Gasteiger partial charge in [-0.1, -0.05) is 66.7 Å². The zero-order chi connectivity index (χ0) is 24.3. The smallest absolute Gasteiger partial charge is 0.169 e. The molecule has 5 rings (SSSR count). The van der Waals surface area contributed by atoms with Gasteiger partial charge in [-0.3, -0.25) is 4.90 Å². The number of aliphatic hydroxyl groups is 1. The Labute approximate surface area is 212 Å². The summed E-state index contributed by atoms with van der Waals surface area (Å²) in [6, 6.07) is 25.4. The molecule has 0 saturated carbocycles. The fourth-order valence-electron chi connectivity index (χ4n) is 5.46. The van der Waals surface area contributed by atoms with E-state index in [9.17, 15) is 9.50 Å². The molecule has 4 nitrogen and oxygen atoms in total. The van der Waals surface area contributed by atoms with Gasteiger partial charge in [-0.2, -0.15) is 0 Å². The van der Waals surface area contributed by atoms with Crippen LogP contribution in [0, 0.1) is 5.82 Å². The molecule has 0 aromatic heterocycles. The molecule has 0 radical (unpaired) electrons. The second kappa shape index (κ2) is 10.4. The predicted molar refractivity (Wildman–Crippen MR) is 142 cm³/mol. The zero-order valence-electron chi connectivity index (χ0n) is 19.9. The fraction of sp³-hybridized carbons (Fsp3) is 0.345. The summed E-state index contributed by atoms with van der Waals surface area (Å²) in [5.74, 6) is -0.246. The average molecular weight is 490 g/mol. The second-order valence-electron chi connectivity index (χ2n) is 9.78. The van der Waals surface area contributed by atoms with Gasteiger partial charge < -0.3 is 15.3 Å². The van der Waals surface area contributed by atoms with Gasteiger partial charge in [0.05, 0.1) is 11.6 Å². The maximum absolute atomic E-state index is 13.7. The summed E-state index contributed by atoms with van der Waals surface area (Å²) in [5.41, 5.74) is 3.92. The minimum Gasteiger partial charge on any atom is -0.387 e. The summed E-state index contributed by atoms with van der Waals surface area (Å²) in [7, 11) is 0. The molecule has 0 aliphatic carbocycles. The molecule has 6 heteroatoms. The molecular formula is C29H32FN3OS. The molecule has 2 N–H and O–H groups in total. The van der Waals surface area contributed by atoms with Gasteiger partial charge in [-0.05, 0) is 72.4 Å². The monoisotopic (exact) mass is 489 g/mol. The van der Waals surface area contributed by atoms with Crippen LogP contribution in [-0.4, -0.2) is 51.8 Å². The number of likely N-dealkylation sites (tertiary alicyclic amines) is 1. The number of fused-ring (bicyclic) bond motifs is 1. The molecule has 0 amide bonds. The Balaban J connectivity index is 1.29. The summed E-state index contributed by atoms with van der Waals surface area (Å²) in [6.07, 6.45) is 2.59. The summed E-state index contributed by atoms with van der Waals surface area (Å²) in [4.78, 5) is 4.50. The minimum atomic E-state index is -0.837. The Kier molecular flexibility index (Phi) is 7.14. The first kappa shape index (κ1) is 23.9. The van der Waals surface area contributed by atoms with E-state index in [0.717, 1.165) is 44.5 Å². The molecule has 182 valence electrons. The summed E-state index contributed by atoms with van der Waals surface area (Å²) in [6.45, 7) is 3.61. The topological polar surface area (TPSA) is 38.7 Å². The van der Waals surface area contributed by atoms with Crippen molar-refractivity contribution in [1.29, 1.82) is 0 Å². The molecule has 1 unspecified atom stereocenters. The number of thiocarbonyl (C=S) groups is 1. The summed E-state index contributed by atoms with van der Waals surface area (Å²) >= 11 is 5.87. The Hall–Kier alpha value is -2.80. The molecule has 2 atom stereocenters. The van der Waals surface area contributed by atoms with Crippen LogP contribution in [0.2, 0.25) is 0 Å². The standard InChI is InChI=1S/C29H32FN3OS/c30-25-13-11-24(12-14-25)27-26-10-5-4-9-23(26)15-18-33(27)28(35)31-20-29(34)16-6-17-32(21-29)19-22-7-2-1-3-8-22/h1-5,7-14,27,34H,6,15-21H2,(H,31,35)/t27-,29?/m0/s1. The predicted octanol–water partition coefficient (Wildman–Crippen LogP) is 4.67. The maximum Gasteiger partial charge on any atom is 0.169 e. The third-order valence-corrected chi connectivity index (χ3v) is 7.56. The van der Waals surface area contributed by atoms with Crippen LogP contribution in [-0.2, 0) is 13.0 Å². The number of rotatable bonds is 5. The van der Waals surface area contributed by atoms with Crippen molar-refractivity contribution in [2.45, 2.75) is 37.5 Å². The number of halogens is 1. The SMILES string of the molecule is OC1(CNC(=S)N2CCc3ccccc3[C@@H]2c2ccc(F)cc2)CCCN(Cc2ccccc2)C1. The van der Waals surface area contributed by atoms with Crippen LogP contribution in [0.15, 0.2) is 78.9 Å². The first-order chi connectivity index (χ1) is 17.0. The number of piperidine rings is 1. The Morgan fingerprint density at radius 2 is 1.74 bits per heavy atom. The van der Waals surface area contributed by atoms with Crippen molar-refractivity contribution in [3.8, 4) is 0 Å². The first-order valence-corrected chi connectivity index (χ1v) is 12.8. The normalized spacial score (nSPS) is 22.5. The number of hydrogen-bond donors (Lipinski definition) is 2. The number of nitrogens with zero attached hydrogens (tertiary/aromatic N) is 2. The van der Waals surface area contributed by atoms with Gasteiger partial charge in [0, 0.05) is 26.2 Å². The zero-order valence-corrected chi connectivity index (χ0v) is 20.7. The van der Waals surface area contributed by atoms with Crippen LogP contribution in [0.25, 0.3) is 0 Å². The highest BCUT2D eigenvalue weighted by Crippen LogP contribution is 2.35. The molecule has 1 saturated heterocycles. The van der Waals surface area contributed by atoms with Gasteiger partial charge in [0.15, 0.2) is 5.11 Å². The third-order valence-electron chi connectivity index (χ3n) is 7.18. The Bertz CT molecular complexity index is 1160. The van der Waals surface area contributed by atoms with Crippen LogP contribution in [0.4, 0.5) is 4.39 Å². The van der Waals surface area contributed by atoms with Crippen LogP contribution < -0.4 is 5.32 Å². The number of benzene rings is 3. The van der Waals surface area contributed by atoms with Gasteiger partial charge in [0.1, 0.15) is 5.82 Å². The molecule has 0 spiro atoms. The van der Waals surface area contributed by atoms with Gasteiger partial charge in [-0.25, -0.2) is 4.39 Å². The lowest BCUT2D eigenvalue weighted by Crippen LogP contribution is -2.56. The highest BCUT2D eigenvalue weighted by molar-refractivity contribution is 7.80. The van der Waals surface area contributed by atoms with Crippen molar-refractivity contribution in [2.75, 3.05) is 26.2 Å². The van der Waals surface area contributed by atoms with E-state index in [-0.39, 0.29) is 11.9 Å². The van der Waals surface area contributed by atoms with E-state index >= 15 is 0 Å². The van der Waals surface area contributed by atoms with E-state index in [1.807, 2.05) is 24.3 Å². The average Bonchev–Trinajstić information content (AvgIpc) is 2.88. The molecule has 35 heavy (non-hydrogen) atoms. The van der Waals surface area contributed by atoms with Crippen molar-refractivity contribution in [2.24, 2.45) is 0 Å². The van der Waals surface area contributed by atoms with Crippen LogP contribution in [0.1, 0.15) is 41.1 Å². The van der Waals surface area contributed by atoms with Crippen molar-refractivity contribution in [3.05, 3.63) is 107 Å². The second-order valence-corrected chi connectivity index (χ2v) is 10.2. The molecule has 3 aromatic rings. The van der Waals surface area contributed by atoms with Crippen LogP contribution in [0.5, 0.6) is 0 Å². The number of nitrogens with one attached hydrogen (secondary N) is 1. The van der Waals surface area contributed by atoms with Crippen molar-refractivity contribution >= 4 is 17.3 Å². The van der Waals surface area contributed by atoms with E-state index in [0.29, 0.717) is 18.2 Å². The maximum atomic E-state index is 13.7. The van der Waals surface area contributed by atoms with Crippen LogP contribution >= 0.6 is 12.2 Å². The van der Waals surface area contributed by atoms with Crippen molar-refractivity contribution in [1.82, 2.24) is 15.1 Å². The van der Waals surface area contributed by atoms with Gasteiger partial charge in [-0.15, -0.1) is 0 Å². The molecule has 0 bridgehead atoms. The van der Waals surface area contributed by atoms with E-state index < -0.39 is 5.60 Å². The van der Waals surface area contributed by atoms with Crippen molar-refractivity contribution < 1.29 is 9.50 Å². The first-order valence-electron chi connectivity index (χ1n) is 12.4. The molecule has 2 aliphatic heterocycles. The minimum absolute atomic E-state index is 0.0869. The summed E-state index contributed by atoms with van der Waals surface area (Å²) < 4.78 is 13.7. The lowest BCUT2D eigenvalue weighted by atomic mass is 9.88. The van der Waals surface area contributed by atoms with Crippen molar-refractivity contribution in [3.63, 3.8) is 0 Å². The lowest BCUT2D eigenvalue weighted by molar-refractivity contribution is -0.0292. The quantitative estimate of drug-likeness (QED) is 0.510. The van der Waals surface area contributed by atoms with Gasteiger partial charge in [0.2, 0.25) is 0 Å².